The predicted octanol–water partition coefficient (Wildman–Crippen LogP) is 6.80. The van der Waals surface area contributed by atoms with Crippen molar-refractivity contribution < 1.29 is 13.9 Å². The maximum absolute atomic E-state index is 14.0. The Labute approximate surface area is 195 Å². The monoisotopic (exact) mass is 453 g/mol. The van der Waals surface area contributed by atoms with Crippen molar-refractivity contribution in [3.63, 3.8) is 0 Å². The second kappa shape index (κ2) is 11.2. The molecule has 0 heterocycles. The van der Waals surface area contributed by atoms with Crippen molar-refractivity contribution >= 4 is 22.7 Å². The lowest BCUT2D eigenvalue weighted by Gasteiger charge is -2.16. The van der Waals surface area contributed by atoms with Gasteiger partial charge < -0.3 is 14.4 Å². The third-order valence-corrected chi connectivity index (χ3v) is 5.51. The zero-order chi connectivity index (χ0) is 23.1. The van der Waals surface area contributed by atoms with Crippen molar-refractivity contribution in [3.8, 4) is 11.5 Å². The Bertz CT molecular complexity index is 1060. The molecule has 0 aliphatic carbocycles. The Morgan fingerprint density at radius 1 is 0.906 bits per heavy atom. The minimum Gasteiger partial charge on any atom is -0.494 e. The van der Waals surface area contributed by atoms with E-state index in [-0.39, 0.29) is 11.6 Å². The largest absolute Gasteiger partial charge is 0.494 e. The Morgan fingerprint density at radius 3 is 2.09 bits per heavy atom. The van der Waals surface area contributed by atoms with E-state index in [9.17, 15) is 4.39 Å². The number of rotatable bonds is 9. The molecule has 5 heteroatoms. The van der Waals surface area contributed by atoms with E-state index in [0.29, 0.717) is 11.6 Å². The van der Waals surface area contributed by atoms with Gasteiger partial charge in [-0.15, -0.1) is 0 Å². The topological polar surface area (TPSA) is 21.7 Å². The Morgan fingerprint density at radius 2 is 1.50 bits per heavy atom. The lowest BCUT2D eigenvalue weighted by atomic mass is 9.90. The zero-order valence-corrected chi connectivity index (χ0v) is 19.7. The number of benzene rings is 3. The standard InChI is InChI=1S/C27H29ClFNO2/c1-19(22-10-15-25(29)26(18-22)31-4)27(20-6-11-23(28)12-7-20)21-8-13-24(14-9-21)32-17-5-16-30(2)3/h6-15,18H,5,16-17H2,1-4H3/b27-19+. The van der Waals surface area contributed by atoms with E-state index in [1.165, 1.54) is 13.2 Å². The first kappa shape index (κ1) is 23.8. The van der Waals surface area contributed by atoms with Crippen molar-refractivity contribution in [1.29, 1.82) is 0 Å². The van der Waals surface area contributed by atoms with Gasteiger partial charge >= 0.3 is 0 Å². The molecule has 0 aliphatic rings. The first-order chi connectivity index (χ1) is 15.4. The molecule has 0 saturated heterocycles. The predicted molar refractivity (Wildman–Crippen MR) is 131 cm³/mol. The summed E-state index contributed by atoms with van der Waals surface area (Å²) in [6.07, 6.45) is 0.968. The summed E-state index contributed by atoms with van der Waals surface area (Å²) in [5.41, 5.74) is 4.99. The number of ether oxygens (including phenoxy) is 2. The summed E-state index contributed by atoms with van der Waals surface area (Å²) in [6, 6.07) is 20.7. The van der Waals surface area contributed by atoms with Gasteiger partial charge in [0.25, 0.3) is 0 Å². The molecule has 0 amide bonds. The van der Waals surface area contributed by atoms with Crippen molar-refractivity contribution in [2.75, 3.05) is 34.4 Å². The van der Waals surface area contributed by atoms with Crippen molar-refractivity contribution in [1.82, 2.24) is 4.90 Å². The summed E-state index contributed by atoms with van der Waals surface area (Å²) in [6.45, 7) is 3.69. The van der Waals surface area contributed by atoms with Crippen LogP contribution in [0.25, 0.3) is 11.1 Å². The van der Waals surface area contributed by atoms with Gasteiger partial charge in [-0.25, -0.2) is 4.39 Å². The fourth-order valence-corrected chi connectivity index (χ4v) is 3.67. The molecule has 3 aromatic rings. The van der Waals surface area contributed by atoms with Gasteiger partial charge in [-0.05, 0) is 91.7 Å². The van der Waals surface area contributed by atoms with Gasteiger partial charge in [-0.1, -0.05) is 41.9 Å². The van der Waals surface area contributed by atoms with Crippen LogP contribution in [-0.4, -0.2) is 39.3 Å². The molecule has 0 atom stereocenters. The molecule has 3 nitrogen and oxygen atoms in total. The lowest BCUT2D eigenvalue weighted by molar-refractivity contribution is 0.281. The SMILES string of the molecule is COc1cc(/C(C)=C(\c2ccc(Cl)cc2)c2ccc(OCCCN(C)C)cc2)ccc1F. The Kier molecular flexibility index (Phi) is 8.32. The molecular weight excluding hydrogens is 425 g/mol. The Balaban J connectivity index is 1.97. The maximum atomic E-state index is 14.0. The van der Waals surface area contributed by atoms with E-state index in [4.69, 9.17) is 21.1 Å². The number of halogens is 2. The van der Waals surface area contributed by atoms with E-state index in [1.807, 2.05) is 43.3 Å². The van der Waals surface area contributed by atoms with Gasteiger partial charge in [-0.2, -0.15) is 0 Å². The maximum Gasteiger partial charge on any atom is 0.165 e. The minimum atomic E-state index is -0.382. The van der Waals surface area contributed by atoms with E-state index in [2.05, 4.69) is 31.1 Å². The molecule has 0 aliphatic heterocycles. The quantitative estimate of drug-likeness (QED) is 0.263. The van der Waals surface area contributed by atoms with E-state index in [1.54, 1.807) is 12.1 Å². The number of methoxy groups -OCH3 is 1. The molecule has 168 valence electrons. The van der Waals surface area contributed by atoms with E-state index in [0.717, 1.165) is 46.6 Å². The molecule has 0 aromatic heterocycles. The number of hydrogen-bond donors (Lipinski definition) is 0. The smallest absolute Gasteiger partial charge is 0.165 e. The molecule has 0 spiro atoms. The normalized spacial score (nSPS) is 12.0. The fourth-order valence-electron chi connectivity index (χ4n) is 3.54. The highest BCUT2D eigenvalue weighted by Gasteiger charge is 2.13. The minimum absolute atomic E-state index is 0.221. The summed E-state index contributed by atoms with van der Waals surface area (Å²) in [5, 5.41) is 0.677. The van der Waals surface area contributed by atoms with Crippen molar-refractivity contribution in [2.24, 2.45) is 0 Å². The van der Waals surface area contributed by atoms with E-state index < -0.39 is 0 Å². The number of allylic oxidation sites excluding steroid dienone is 1. The van der Waals surface area contributed by atoms with Gasteiger partial charge in [0, 0.05) is 11.6 Å². The highest BCUT2D eigenvalue weighted by molar-refractivity contribution is 6.30. The number of nitrogens with zero attached hydrogens (tertiary/aromatic N) is 1. The summed E-state index contributed by atoms with van der Waals surface area (Å²) in [4.78, 5) is 2.14. The van der Waals surface area contributed by atoms with Crippen LogP contribution in [0, 0.1) is 5.82 Å². The lowest BCUT2D eigenvalue weighted by Crippen LogP contribution is -2.15. The van der Waals surface area contributed by atoms with Crippen LogP contribution in [-0.2, 0) is 0 Å². The third kappa shape index (κ3) is 6.12. The summed E-state index contributed by atoms with van der Waals surface area (Å²) >= 11 is 6.12. The molecule has 0 unspecified atom stereocenters. The molecule has 0 radical (unpaired) electrons. The van der Waals surface area contributed by atoms with Crippen molar-refractivity contribution in [3.05, 3.63) is 94.3 Å². The molecule has 0 saturated carbocycles. The molecule has 32 heavy (non-hydrogen) atoms. The second-order valence-electron chi connectivity index (χ2n) is 7.89. The molecule has 3 rings (SSSR count). The summed E-state index contributed by atoms with van der Waals surface area (Å²) < 4.78 is 25.0. The van der Waals surface area contributed by atoms with Crippen LogP contribution in [0.15, 0.2) is 66.7 Å². The van der Waals surface area contributed by atoms with Crippen LogP contribution in [0.4, 0.5) is 4.39 Å². The molecule has 0 bridgehead atoms. The first-order valence-corrected chi connectivity index (χ1v) is 11.0. The van der Waals surface area contributed by atoms with E-state index >= 15 is 0 Å². The molecule has 0 N–H and O–H groups in total. The van der Waals surface area contributed by atoms with Gasteiger partial charge in [-0.3, -0.25) is 0 Å². The first-order valence-electron chi connectivity index (χ1n) is 10.6. The van der Waals surface area contributed by atoms with Gasteiger partial charge in [0.15, 0.2) is 11.6 Å². The van der Waals surface area contributed by atoms with Crippen LogP contribution >= 0.6 is 11.6 Å². The molecule has 0 fully saturated rings. The second-order valence-corrected chi connectivity index (χ2v) is 8.32. The Hall–Kier alpha value is -2.82. The highest BCUT2D eigenvalue weighted by Crippen LogP contribution is 2.35. The van der Waals surface area contributed by atoms with Crippen LogP contribution in [0.1, 0.15) is 30.0 Å². The average molecular weight is 454 g/mol. The van der Waals surface area contributed by atoms with Gasteiger partial charge in [0.2, 0.25) is 0 Å². The van der Waals surface area contributed by atoms with Crippen LogP contribution in [0.5, 0.6) is 11.5 Å². The molecule has 3 aromatic carbocycles. The third-order valence-electron chi connectivity index (χ3n) is 5.25. The van der Waals surface area contributed by atoms with Crippen LogP contribution in [0.2, 0.25) is 5.02 Å². The fraction of sp³-hybridized carbons (Fsp3) is 0.259. The summed E-state index contributed by atoms with van der Waals surface area (Å²) in [5.74, 6) is 0.677. The van der Waals surface area contributed by atoms with Crippen molar-refractivity contribution in [2.45, 2.75) is 13.3 Å². The van der Waals surface area contributed by atoms with Gasteiger partial charge in [0.05, 0.1) is 13.7 Å². The van der Waals surface area contributed by atoms with Gasteiger partial charge in [0.1, 0.15) is 5.75 Å². The molecular formula is C27H29ClFNO2. The average Bonchev–Trinajstić information content (AvgIpc) is 2.79. The summed E-state index contributed by atoms with van der Waals surface area (Å²) in [7, 11) is 5.58. The zero-order valence-electron chi connectivity index (χ0n) is 19.0. The van der Waals surface area contributed by atoms with Crippen LogP contribution < -0.4 is 9.47 Å². The highest BCUT2D eigenvalue weighted by atomic mass is 35.5. The number of hydrogen-bond acceptors (Lipinski definition) is 3. The van der Waals surface area contributed by atoms with Crippen LogP contribution in [0.3, 0.4) is 0 Å².